The molecule has 15 heavy (non-hydrogen) atoms. The molecule has 0 fully saturated rings. The van der Waals surface area contributed by atoms with Crippen molar-refractivity contribution in [3.8, 4) is 0 Å². The van der Waals surface area contributed by atoms with Gasteiger partial charge in [0.15, 0.2) is 0 Å². The first kappa shape index (κ1) is 11.3. The Morgan fingerprint density at radius 3 is 2.47 bits per heavy atom. The topological polar surface area (TPSA) is 61.4 Å². The van der Waals surface area contributed by atoms with Crippen LogP contribution in [-0.2, 0) is 13.2 Å². The van der Waals surface area contributed by atoms with Gasteiger partial charge in [0.05, 0.1) is 6.61 Å². The van der Waals surface area contributed by atoms with Crippen molar-refractivity contribution in [3.63, 3.8) is 0 Å². The smallest absolute Gasteiger partial charge is 0.319 e. The van der Waals surface area contributed by atoms with E-state index < -0.39 is 0 Å². The summed E-state index contributed by atoms with van der Waals surface area (Å²) in [6.45, 7) is 3.86. The van der Waals surface area contributed by atoms with E-state index in [4.69, 9.17) is 5.11 Å². The molecular weight excluding hydrogens is 192 g/mol. The number of hydrogen-bond donors (Lipinski definition) is 3. The van der Waals surface area contributed by atoms with Crippen molar-refractivity contribution < 1.29 is 9.90 Å². The second-order valence-electron chi connectivity index (χ2n) is 3.01. The van der Waals surface area contributed by atoms with Crippen LogP contribution in [0, 0.1) is 0 Å². The fraction of sp³-hybridized carbons (Fsp3) is 0.182. The lowest BCUT2D eigenvalue weighted by Crippen LogP contribution is -2.31. The van der Waals surface area contributed by atoms with E-state index >= 15 is 0 Å². The molecule has 0 saturated carbocycles. The maximum Gasteiger partial charge on any atom is 0.319 e. The van der Waals surface area contributed by atoms with Gasteiger partial charge in [-0.1, -0.05) is 30.8 Å². The van der Waals surface area contributed by atoms with Gasteiger partial charge in [-0.05, 0) is 17.3 Å². The van der Waals surface area contributed by atoms with Crippen LogP contribution in [-0.4, -0.2) is 11.1 Å². The van der Waals surface area contributed by atoms with Crippen molar-refractivity contribution in [3.05, 3.63) is 48.2 Å². The van der Waals surface area contributed by atoms with Crippen LogP contribution in [0.4, 0.5) is 4.79 Å². The molecule has 0 aliphatic rings. The van der Waals surface area contributed by atoms with Gasteiger partial charge in [-0.2, -0.15) is 0 Å². The maximum atomic E-state index is 11.0. The zero-order valence-electron chi connectivity index (χ0n) is 8.36. The predicted octanol–water partition coefficient (Wildman–Crippen LogP) is 1.12. The monoisotopic (exact) mass is 206 g/mol. The van der Waals surface area contributed by atoms with Crippen LogP contribution >= 0.6 is 0 Å². The van der Waals surface area contributed by atoms with E-state index in [2.05, 4.69) is 17.2 Å². The van der Waals surface area contributed by atoms with E-state index in [0.717, 1.165) is 11.1 Å². The largest absolute Gasteiger partial charge is 0.392 e. The van der Waals surface area contributed by atoms with Gasteiger partial charge in [-0.3, -0.25) is 0 Å². The van der Waals surface area contributed by atoms with Gasteiger partial charge in [0.25, 0.3) is 0 Å². The van der Waals surface area contributed by atoms with Crippen molar-refractivity contribution in [2.24, 2.45) is 0 Å². The lowest BCUT2D eigenvalue weighted by Gasteiger charge is -2.05. The Kier molecular flexibility index (Phi) is 4.37. The molecule has 0 aliphatic heterocycles. The van der Waals surface area contributed by atoms with Crippen LogP contribution in [0.5, 0.6) is 0 Å². The summed E-state index contributed by atoms with van der Waals surface area (Å²) in [6, 6.07) is 7.08. The zero-order valence-corrected chi connectivity index (χ0v) is 8.36. The van der Waals surface area contributed by atoms with Crippen LogP contribution in [0.3, 0.4) is 0 Å². The zero-order chi connectivity index (χ0) is 11.1. The number of nitrogens with one attached hydrogen (secondary N) is 2. The molecule has 0 bridgehead atoms. The Hall–Kier alpha value is -1.81. The van der Waals surface area contributed by atoms with E-state index in [9.17, 15) is 4.79 Å². The van der Waals surface area contributed by atoms with Gasteiger partial charge < -0.3 is 15.7 Å². The molecule has 2 amide bonds. The van der Waals surface area contributed by atoms with E-state index in [1.807, 2.05) is 24.3 Å². The molecule has 1 aromatic rings. The number of aliphatic hydroxyl groups excluding tert-OH is 1. The minimum absolute atomic E-state index is 0.0324. The summed E-state index contributed by atoms with van der Waals surface area (Å²) in [5.74, 6) is 0. The number of rotatable bonds is 4. The molecular formula is C11H14N2O2. The van der Waals surface area contributed by atoms with Crippen molar-refractivity contribution in [2.75, 3.05) is 0 Å². The molecule has 80 valence electrons. The number of amides is 2. The minimum Gasteiger partial charge on any atom is -0.392 e. The van der Waals surface area contributed by atoms with Crippen LogP contribution in [0.1, 0.15) is 11.1 Å². The van der Waals surface area contributed by atoms with Gasteiger partial charge in [0, 0.05) is 6.54 Å². The molecule has 0 spiro atoms. The van der Waals surface area contributed by atoms with Crippen molar-refractivity contribution >= 4 is 6.03 Å². The highest BCUT2D eigenvalue weighted by molar-refractivity contribution is 5.74. The summed E-state index contributed by atoms with van der Waals surface area (Å²) in [5, 5.41) is 13.9. The van der Waals surface area contributed by atoms with Crippen molar-refractivity contribution in [1.82, 2.24) is 10.6 Å². The standard InChI is InChI=1S/C11H14N2O2/c1-2-12-11(15)13-7-9-3-5-10(8-14)6-4-9/h2-6,14H,1,7-8H2,(H2,12,13,15). The van der Waals surface area contributed by atoms with E-state index in [-0.39, 0.29) is 12.6 Å². The molecule has 0 heterocycles. The Morgan fingerprint density at radius 1 is 1.33 bits per heavy atom. The van der Waals surface area contributed by atoms with E-state index in [0.29, 0.717) is 6.54 Å². The highest BCUT2D eigenvalue weighted by Gasteiger charge is 1.97. The first-order chi connectivity index (χ1) is 7.26. The second-order valence-corrected chi connectivity index (χ2v) is 3.01. The van der Waals surface area contributed by atoms with Crippen LogP contribution in [0.15, 0.2) is 37.0 Å². The molecule has 0 atom stereocenters. The van der Waals surface area contributed by atoms with E-state index in [1.165, 1.54) is 6.20 Å². The Labute approximate surface area is 88.6 Å². The molecule has 0 aromatic heterocycles. The first-order valence-electron chi connectivity index (χ1n) is 4.60. The van der Waals surface area contributed by atoms with Crippen LogP contribution in [0.25, 0.3) is 0 Å². The van der Waals surface area contributed by atoms with Gasteiger partial charge in [0.2, 0.25) is 0 Å². The summed E-state index contributed by atoms with van der Waals surface area (Å²) in [7, 11) is 0. The highest BCUT2D eigenvalue weighted by atomic mass is 16.3. The molecule has 0 aliphatic carbocycles. The normalized spacial score (nSPS) is 9.40. The lowest BCUT2D eigenvalue weighted by molar-refractivity contribution is 0.244. The molecule has 1 aromatic carbocycles. The van der Waals surface area contributed by atoms with Gasteiger partial charge in [0.1, 0.15) is 0 Å². The molecule has 0 saturated heterocycles. The summed E-state index contributed by atoms with van der Waals surface area (Å²) in [4.78, 5) is 11.0. The number of aliphatic hydroxyl groups is 1. The summed E-state index contributed by atoms with van der Waals surface area (Å²) in [6.07, 6.45) is 1.32. The molecule has 4 nitrogen and oxygen atoms in total. The fourth-order valence-corrected chi connectivity index (χ4v) is 1.09. The summed E-state index contributed by atoms with van der Waals surface area (Å²) < 4.78 is 0. The van der Waals surface area contributed by atoms with Crippen LogP contribution < -0.4 is 10.6 Å². The van der Waals surface area contributed by atoms with Gasteiger partial charge >= 0.3 is 6.03 Å². The maximum absolute atomic E-state index is 11.0. The third-order valence-corrected chi connectivity index (χ3v) is 1.89. The van der Waals surface area contributed by atoms with Crippen molar-refractivity contribution in [2.45, 2.75) is 13.2 Å². The number of carbonyl (C=O) groups is 1. The minimum atomic E-state index is -0.281. The number of benzene rings is 1. The van der Waals surface area contributed by atoms with E-state index in [1.54, 1.807) is 0 Å². The lowest BCUT2D eigenvalue weighted by atomic mass is 10.1. The Balaban J connectivity index is 2.43. The molecule has 1 rings (SSSR count). The summed E-state index contributed by atoms with van der Waals surface area (Å²) in [5.41, 5.74) is 1.83. The van der Waals surface area contributed by atoms with Crippen molar-refractivity contribution in [1.29, 1.82) is 0 Å². The molecule has 0 radical (unpaired) electrons. The Bertz CT molecular complexity index is 333. The van der Waals surface area contributed by atoms with Crippen LogP contribution in [0.2, 0.25) is 0 Å². The summed E-state index contributed by atoms with van der Waals surface area (Å²) >= 11 is 0. The average Bonchev–Trinajstić information content (AvgIpc) is 2.27. The highest BCUT2D eigenvalue weighted by Crippen LogP contribution is 2.03. The first-order valence-corrected chi connectivity index (χ1v) is 4.60. The number of urea groups is 1. The fourth-order valence-electron chi connectivity index (χ4n) is 1.09. The van der Waals surface area contributed by atoms with Gasteiger partial charge in [-0.25, -0.2) is 4.79 Å². The molecule has 0 unspecified atom stereocenters. The molecule has 4 heteroatoms. The molecule has 3 N–H and O–H groups in total. The average molecular weight is 206 g/mol. The third-order valence-electron chi connectivity index (χ3n) is 1.89. The van der Waals surface area contributed by atoms with Gasteiger partial charge in [-0.15, -0.1) is 0 Å². The number of carbonyl (C=O) groups excluding carboxylic acids is 1. The SMILES string of the molecule is C=CNC(=O)NCc1ccc(CO)cc1. The predicted molar refractivity (Wildman–Crippen MR) is 57.9 cm³/mol. The number of hydrogen-bond acceptors (Lipinski definition) is 2. The second kappa shape index (κ2) is 5.82. The Morgan fingerprint density at radius 2 is 1.93 bits per heavy atom. The quantitative estimate of drug-likeness (QED) is 0.691. The third kappa shape index (κ3) is 3.83.